The van der Waals surface area contributed by atoms with Gasteiger partial charge in [0.05, 0.1) is 0 Å². The number of rotatable bonds is 0. The SMILES string of the molecule is FC(F)C(F)(F)F.[LiH]. The molecule has 0 unspecified atom stereocenters. The Balaban J connectivity index is 0. The fourth-order valence-corrected chi connectivity index (χ4v) is 0. The molecule has 0 rings (SSSR count). The molecule has 0 aromatic rings. The molecule has 0 aromatic carbocycles. The maximum absolute atomic E-state index is 10.4. The Morgan fingerprint density at radius 3 is 1.12 bits per heavy atom. The second kappa shape index (κ2) is 3.31. The van der Waals surface area contributed by atoms with Crippen LogP contribution in [0.3, 0.4) is 0 Å². The van der Waals surface area contributed by atoms with Gasteiger partial charge < -0.3 is 0 Å². The predicted octanol–water partition coefficient (Wildman–Crippen LogP) is 1.17. The second-order valence-electron chi connectivity index (χ2n) is 0.842. The van der Waals surface area contributed by atoms with Crippen molar-refractivity contribution >= 4 is 18.9 Å². The molecule has 0 spiro atoms. The van der Waals surface area contributed by atoms with E-state index < -0.39 is 12.6 Å². The van der Waals surface area contributed by atoms with Crippen molar-refractivity contribution in [1.82, 2.24) is 0 Å². The third-order valence-corrected chi connectivity index (χ3v) is 0.247. The van der Waals surface area contributed by atoms with Gasteiger partial charge in [-0.15, -0.1) is 0 Å². The van der Waals surface area contributed by atoms with Crippen LogP contribution in [0.15, 0.2) is 0 Å². The zero-order chi connectivity index (χ0) is 6.08. The Hall–Kier alpha value is 0.247. The van der Waals surface area contributed by atoms with Gasteiger partial charge in [0, 0.05) is 0 Å². The summed E-state index contributed by atoms with van der Waals surface area (Å²) in [6, 6.07) is 0. The van der Waals surface area contributed by atoms with E-state index in [4.69, 9.17) is 0 Å². The molecule has 0 atom stereocenters. The Bertz CT molecular complexity index is 55.9. The first-order valence-electron chi connectivity index (χ1n) is 1.29. The van der Waals surface area contributed by atoms with Crippen LogP contribution in [-0.2, 0) is 0 Å². The molecule has 46 valence electrons. The summed E-state index contributed by atoms with van der Waals surface area (Å²) in [5.74, 6) is 0. The number of hydrogen-bond donors (Lipinski definition) is 0. The van der Waals surface area contributed by atoms with Crippen LogP contribution >= 0.6 is 0 Å². The fourth-order valence-electron chi connectivity index (χ4n) is 0. The summed E-state index contributed by atoms with van der Waals surface area (Å²) in [6.07, 6.45) is -9.53. The minimum absolute atomic E-state index is 0. The summed E-state index contributed by atoms with van der Waals surface area (Å²) in [5, 5.41) is 0. The Kier molecular flexibility index (Phi) is 4.59. The van der Waals surface area contributed by atoms with Crippen molar-refractivity contribution in [3.63, 3.8) is 0 Å². The van der Waals surface area contributed by atoms with E-state index in [-0.39, 0.29) is 18.9 Å². The van der Waals surface area contributed by atoms with Crippen molar-refractivity contribution in [2.75, 3.05) is 0 Å². The molecule has 0 aliphatic carbocycles. The van der Waals surface area contributed by atoms with Gasteiger partial charge in [-0.2, -0.15) is 13.2 Å². The van der Waals surface area contributed by atoms with Crippen LogP contribution in [0.25, 0.3) is 0 Å². The summed E-state index contributed by atoms with van der Waals surface area (Å²) >= 11 is 0. The number of hydrogen-bond acceptors (Lipinski definition) is 0. The standard InChI is InChI=1S/C2HF5.Li.H/c3-1(4)2(5,6)7;;/h1H;;. The first-order valence-corrected chi connectivity index (χ1v) is 1.29. The summed E-state index contributed by atoms with van der Waals surface area (Å²) in [5.41, 5.74) is 0. The summed E-state index contributed by atoms with van der Waals surface area (Å²) in [7, 11) is 0. The molecule has 0 fully saturated rings. The zero-order valence-corrected chi connectivity index (χ0v) is 2.97. The number of alkyl halides is 5. The molecule has 0 aliphatic rings. The van der Waals surface area contributed by atoms with Gasteiger partial charge in [-0.25, -0.2) is 8.78 Å². The zero-order valence-electron chi connectivity index (χ0n) is 2.97. The van der Waals surface area contributed by atoms with E-state index >= 15 is 0 Å². The number of halogens is 5. The molecule has 0 saturated carbocycles. The van der Waals surface area contributed by atoms with Crippen molar-refractivity contribution in [3.8, 4) is 0 Å². The van der Waals surface area contributed by atoms with E-state index in [0.717, 1.165) is 0 Å². The van der Waals surface area contributed by atoms with Crippen molar-refractivity contribution in [3.05, 3.63) is 0 Å². The maximum atomic E-state index is 10.4. The van der Waals surface area contributed by atoms with Crippen LogP contribution in [0.1, 0.15) is 0 Å². The molecule has 0 saturated heterocycles. The Morgan fingerprint density at radius 2 is 1.12 bits per heavy atom. The van der Waals surface area contributed by atoms with Gasteiger partial charge in [0.15, 0.2) is 0 Å². The predicted molar refractivity (Wildman–Crippen MR) is 19.2 cm³/mol. The first kappa shape index (κ1) is 11.1. The molecule has 0 heterocycles. The molecule has 0 nitrogen and oxygen atoms in total. The van der Waals surface area contributed by atoms with Gasteiger partial charge in [-0.05, 0) is 0 Å². The molecular formula is C2H2F5Li. The van der Waals surface area contributed by atoms with Crippen LogP contribution in [0.2, 0.25) is 0 Å². The first-order chi connectivity index (χ1) is 2.94. The molecule has 0 amide bonds. The third-order valence-electron chi connectivity index (χ3n) is 0.247. The van der Waals surface area contributed by atoms with Crippen LogP contribution in [0.5, 0.6) is 0 Å². The quantitative estimate of drug-likeness (QED) is 0.339. The van der Waals surface area contributed by atoms with Crippen molar-refractivity contribution < 1.29 is 22.0 Å². The van der Waals surface area contributed by atoms with Gasteiger partial charge in [0.2, 0.25) is 0 Å². The molecule has 0 bridgehead atoms. The molecule has 0 aliphatic heterocycles. The van der Waals surface area contributed by atoms with E-state index in [0.29, 0.717) is 0 Å². The van der Waals surface area contributed by atoms with Crippen molar-refractivity contribution in [2.45, 2.75) is 12.6 Å². The van der Waals surface area contributed by atoms with E-state index in [1.807, 2.05) is 0 Å². The van der Waals surface area contributed by atoms with Crippen LogP contribution in [0, 0.1) is 0 Å². The van der Waals surface area contributed by atoms with Crippen molar-refractivity contribution in [1.29, 1.82) is 0 Å². The molecule has 0 aromatic heterocycles. The monoisotopic (exact) mass is 128 g/mol. The van der Waals surface area contributed by atoms with Gasteiger partial charge >= 0.3 is 31.5 Å². The fraction of sp³-hybridized carbons (Fsp3) is 1.00. The molecule has 0 radical (unpaired) electrons. The van der Waals surface area contributed by atoms with E-state index in [1.165, 1.54) is 0 Å². The van der Waals surface area contributed by atoms with Crippen molar-refractivity contribution in [2.24, 2.45) is 0 Å². The molecule has 6 heteroatoms. The Labute approximate surface area is 54.2 Å². The summed E-state index contributed by atoms with van der Waals surface area (Å²) in [4.78, 5) is 0. The second-order valence-corrected chi connectivity index (χ2v) is 0.842. The summed E-state index contributed by atoms with van der Waals surface area (Å²) < 4.78 is 52.1. The van der Waals surface area contributed by atoms with Crippen LogP contribution in [0.4, 0.5) is 22.0 Å². The minimum atomic E-state index is -5.33. The topological polar surface area (TPSA) is 0 Å². The summed E-state index contributed by atoms with van der Waals surface area (Å²) in [6.45, 7) is 0. The van der Waals surface area contributed by atoms with Crippen LogP contribution < -0.4 is 0 Å². The third kappa shape index (κ3) is 4.41. The van der Waals surface area contributed by atoms with Gasteiger partial charge in [0.25, 0.3) is 0 Å². The van der Waals surface area contributed by atoms with Gasteiger partial charge in [0.1, 0.15) is 0 Å². The van der Waals surface area contributed by atoms with E-state index in [2.05, 4.69) is 0 Å². The van der Waals surface area contributed by atoms with Gasteiger partial charge in [-0.1, -0.05) is 0 Å². The molecule has 0 N–H and O–H groups in total. The normalized spacial score (nSPS) is 11.2. The average molecular weight is 128 g/mol. The molecular weight excluding hydrogens is 126 g/mol. The van der Waals surface area contributed by atoms with Gasteiger partial charge in [-0.3, -0.25) is 0 Å². The average Bonchev–Trinajstić information content (AvgIpc) is 1.31. The molecule has 8 heavy (non-hydrogen) atoms. The van der Waals surface area contributed by atoms with E-state index in [9.17, 15) is 22.0 Å². The Morgan fingerprint density at radius 1 is 1.00 bits per heavy atom. The van der Waals surface area contributed by atoms with E-state index in [1.54, 1.807) is 0 Å². The van der Waals surface area contributed by atoms with Crippen LogP contribution in [-0.4, -0.2) is 31.5 Å².